The van der Waals surface area contributed by atoms with E-state index in [2.05, 4.69) is 32.6 Å². The molecule has 0 unspecified atom stereocenters. The van der Waals surface area contributed by atoms with Crippen molar-refractivity contribution in [3.63, 3.8) is 0 Å². The second-order valence-corrected chi connectivity index (χ2v) is 6.56. The van der Waals surface area contributed by atoms with Crippen LogP contribution >= 0.6 is 11.3 Å². The highest BCUT2D eigenvalue weighted by atomic mass is 32.1. The Labute approximate surface area is 132 Å². The van der Waals surface area contributed by atoms with E-state index in [9.17, 15) is 0 Å². The normalized spacial score (nSPS) is 19.0. The van der Waals surface area contributed by atoms with E-state index in [1.165, 1.54) is 17.7 Å². The van der Waals surface area contributed by atoms with Crippen molar-refractivity contribution in [3.05, 3.63) is 46.2 Å². The number of nitrogens with zero attached hydrogens (tertiary/aromatic N) is 3. The maximum Gasteiger partial charge on any atom is 0.283 e. The Bertz CT molecular complexity index is 747. The molecule has 4 rings (SSSR count). The minimum absolute atomic E-state index is 0.462. The van der Waals surface area contributed by atoms with Crippen LogP contribution in [-0.2, 0) is 6.54 Å². The van der Waals surface area contributed by atoms with Gasteiger partial charge in [0.2, 0.25) is 5.89 Å². The Balaban J connectivity index is 1.52. The minimum Gasteiger partial charge on any atom is -0.459 e. The van der Waals surface area contributed by atoms with Gasteiger partial charge in [0.25, 0.3) is 5.89 Å². The van der Waals surface area contributed by atoms with Gasteiger partial charge < -0.3 is 8.83 Å². The van der Waals surface area contributed by atoms with E-state index in [1.54, 1.807) is 6.26 Å². The smallest absolute Gasteiger partial charge is 0.283 e. The number of hydrogen-bond acceptors (Lipinski definition) is 6. The first kappa shape index (κ1) is 13.7. The number of thiophene rings is 1. The SMILES string of the molecule is Cc1ccoc1-c1nnc(CN2CCC[C@H]2c2cccs2)o1. The minimum atomic E-state index is 0.462. The second kappa shape index (κ2) is 5.70. The summed E-state index contributed by atoms with van der Waals surface area (Å²) >= 11 is 1.82. The highest BCUT2D eigenvalue weighted by molar-refractivity contribution is 7.10. The molecule has 1 saturated heterocycles. The van der Waals surface area contributed by atoms with E-state index in [0.29, 0.717) is 30.1 Å². The summed E-state index contributed by atoms with van der Waals surface area (Å²) in [6.07, 6.45) is 4.04. The predicted molar refractivity (Wildman–Crippen MR) is 83.4 cm³/mol. The summed E-state index contributed by atoms with van der Waals surface area (Å²) in [5.74, 6) is 1.77. The quantitative estimate of drug-likeness (QED) is 0.727. The first-order valence-electron chi connectivity index (χ1n) is 7.45. The standard InChI is InChI=1S/C16H17N3O2S/c1-11-6-8-20-15(11)16-18-17-14(21-16)10-19-7-2-4-12(19)13-5-3-9-22-13/h3,5-6,8-9,12H,2,4,7,10H2,1H3/t12-/m0/s1. The van der Waals surface area contributed by atoms with Gasteiger partial charge in [0.1, 0.15) is 0 Å². The van der Waals surface area contributed by atoms with E-state index < -0.39 is 0 Å². The van der Waals surface area contributed by atoms with Crippen molar-refractivity contribution >= 4 is 11.3 Å². The molecule has 0 aromatic carbocycles. The molecule has 1 aliphatic heterocycles. The van der Waals surface area contributed by atoms with Crippen LogP contribution in [0.3, 0.4) is 0 Å². The third-order valence-electron chi connectivity index (χ3n) is 4.10. The summed E-state index contributed by atoms with van der Waals surface area (Å²) in [5, 5.41) is 10.4. The lowest BCUT2D eigenvalue weighted by atomic mass is 10.2. The first-order chi connectivity index (χ1) is 10.8. The number of likely N-dealkylation sites (tertiary alicyclic amines) is 1. The van der Waals surface area contributed by atoms with Crippen LogP contribution < -0.4 is 0 Å². The average Bonchev–Trinajstić information content (AvgIpc) is 3.25. The molecule has 3 aromatic heterocycles. The molecule has 0 bridgehead atoms. The molecule has 5 nitrogen and oxygen atoms in total. The van der Waals surface area contributed by atoms with Crippen LogP contribution in [0.1, 0.15) is 35.2 Å². The van der Waals surface area contributed by atoms with Crippen LogP contribution in [-0.4, -0.2) is 21.6 Å². The zero-order valence-electron chi connectivity index (χ0n) is 12.4. The molecule has 6 heteroatoms. The number of rotatable bonds is 4. The first-order valence-corrected chi connectivity index (χ1v) is 8.33. The molecule has 0 spiro atoms. The van der Waals surface area contributed by atoms with Gasteiger partial charge in [-0.1, -0.05) is 6.07 Å². The van der Waals surface area contributed by atoms with Crippen LogP contribution in [0.15, 0.2) is 38.7 Å². The van der Waals surface area contributed by atoms with Crippen molar-refractivity contribution in [2.45, 2.75) is 32.4 Å². The Morgan fingerprint density at radius 2 is 2.32 bits per heavy atom. The molecule has 3 aromatic rings. The zero-order chi connectivity index (χ0) is 14.9. The zero-order valence-corrected chi connectivity index (χ0v) is 13.2. The molecule has 4 heterocycles. The van der Waals surface area contributed by atoms with Gasteiger partial charge in [0, 0.05) is 16.5 Å². The molecule has 0 aliphatic carbocycles. The Morgan fingerprint density at radius 3 is 3.09 bits per heavy atom. The molecule has 0 N–H and O–H groups in total. The lowest BCUT2D eigenvalue weighted by molar-refractivity contribution is 0.226. The lowest BCUT2D eigenvalue weighted by Gasteiger charge is -2.21. The van der Waals surface area contributed by atoms with E-state index in [0.717, 1.165) is 12.1 Å². The van der Waals surface area contributed by atoms with Crippen LogP contribution in [0.2, 0.25) is 0 Å². The molecule has 1 aliphatic rings. The van der Waals surface area contributed by atoms with E-state index in [-0.39, 0.29) is 0 Å². The number of aromatic nitrogens is 2. The molecule has 114 valence electrons. The van der Waals surface area contributed by atoms with Gasteiger partial charge in [0.15, 0.2) is 5.76 Å². The number of furan rings is 1. The summed E-state index contributed by atoms with van der Waals surface area (Å²) in [7, 11) is 0. The van der Waals surface area contributed by atoms with Crippen LogP contribution in [0, 0.1) is 6.92 Å². The maximum atomic E-state index is 5.78. The predicted octanol–water partition coefficient (Wildman–Crippen LogP) is 4.04. The van der Waals surface area contributed by atoms with Crippen molar-refractivity contribution in [1.82, 2.24) is 15.1 Å². The molecule has 0 saturated carbocycles. The summed E-state index contributed by atoms with van der Waals surface area (Å²) in [4.78, 5) is 3.83. The molecular weight excluding hydrogens is 298 g/mol. The van der Waals surface area contributed by atoms with Crippen molar-refractivity contribution in [2.75, 3.05) is 6.54 Å². The van der Waals surface area contributed by atoms with Crippen molar-refractivity contribution < 1.29 is 8.83 Å². The monoisotopic (exact) mass is 315 g/mol. The van der Waals surface area contributed by atoms with Crippen LogP contribution in [0.25, 0.3) is 11.7 Å². The molecule has 1 fully saturated rings. The van der Waals surface area contributed by atoms with Gasteiger partial charge in [-0.2, -0.15) is 0 Å². The Morgan fingerprint density at radius 1 is 1.36 bits per heavy atom. The summed E-state index contributed by atoms with van der Waals surface area (Å²) < 4.78 is 11.2. The fourth-order valence-electron chi connectivity index (χ4n) is 2.99. The van der Waals surface area contributed by atoms with Crippen LogP contribution in [0.5, 0.6) is 0 Å². The molecule has 0 amide bonds. The highest BCUT2D eigenvalue weighted by Gasteiger charge is 2.28. The molecule has 0 radical (unpaired) electrons. The third kappa shape index (κ3) is 2.48. The van der Waals surface area contributed by atoms with Gasteiger partial charge in [0.05, 0.1) is 12.8 Å². The summed E-state index contributed by atoms with van der Waals surface area (Å²) in [6.45, 7) is 3.73. The van der Waals surface area contributed by atoms with Gasteiger partial charge in [-0.05, 0) is 43.8 Å². The van der Waals surface area contributed by atoms with Gasteiger partial charge in [-0.25, -0.2) is 0 Å². The third-order valence-corrected chi connectivity index (χ3v) is 5.07. The molecule has 1 atom stereocenters. The highest BCUT2D eigenvalue weighted by Crippen LogP contribution is 2.35. The van der Waals surface area contributed by atoms with Crippen molar-refractivity contribution in [3.8, 4) is 11.7 Å². The van der Waals surface area contributed by atoms with E-state index in [1.807, 2.05) is 24.3 Å². The Kier molecular flexibility index (Phi) is 3.56. The summed E-state index contributed by atoms with van der Waals surface area (Å²) in [5.41, 5.74) is 1.01. The molecule has 22 heavy (non-hydrogen) atoms. The Hall–Kier alpha value is -1.92. The number of hydrogen-bond donors (Lipinski definition) is 0. The molecular formula is C16H17N3O2S. The van der Waals surface area contributed by atoms with Gasteiger partial charge >= 0.3 is 0 Å². The number of aryl methyl sites for hydroxylation is 1. The average molecular weight is 315 g/mol. The van der Waals surface area contributed by atoms with Crippen molar-refractivity contribution in [1.29, 1.82) is 0 Å². The largest absolute Gasteiger partial charge is 0.459 e. The van der Waals surface area contributed by atoms with E-state index in [4.69, 9.17) is 8.83 Å². The van der Waals surface area contributed by atoms with Gasteiger partial charge in [-0.15, -0.1) is 21.5 Å². The van der Waals surface area contributed by atoms with Crippen molar-refractivity contribution in [2.24, 2.45) is 0 Å². The van der Waals surface area contributed by atoms with E-state index >= 15 is 0 Å². The van der Waals surface area contributed by atoms with Gasteiger partial charge in [-0.3, -0.25) is 4.90 Å². The topological polar surface area (TPSA) is 55.3 Å². The summed E-state index contributed by atoms with van der Waals surface area (Å²) in [6, 6.07) is 6.69. The fourth-order valence-corrected chi connectivity index (χ4v) is 3.89. The second-order valence-electron chi connectivity index (χ2n) is 5.58. The fraction of sp³-hybridized carbons (Fsp3) is 0.375. The lowest BCUT2D eigenvalue weighted by Crippen LogP contribution is -2.22. The maximum absolute atomic E-state index is 5.78. The van der Waals surface area contributed by atoms with Crippen LogP contribution in [0.4, 0.5) is 0 Å².